The van der Waals surface area contributed by atoms with Crippen LogP contribution in [0, 0.1) is 0 Å². The molecule has 31 heavy (non-hydrogen) atoms. The SMILES string of the molecule is CCCN1C(=O)C(Nc2ccc3c(c2)OCCO3)=C(c2ccc(NC(C)=O)cc2)C1=O. The third-order valence-corrected chi connectivity index (χ3v) is 4.92. The fraction of sp³-hybridized carbons (Fsp3) is 0.261. The van der Waals surface area contributed by atoms with Gasteiger partial charge in [-0.25, -0.2) is 0 Å². The number of carbonyl (C=O) groups excluding carboxylic acids is 3. The molecular weight excluding hydrogens is 398 g/mol. The summed E-state index contributed by atoms with van der Waals surface area (Å²) >= 11 is 0. The zero-order chi connectivity index (χ0) is 22.0. The van der Waals surface area contributed by atoms with Crippen molar-refractivity contribution in [2.24, 2.45) is 0 Å². The molecule has 2 N–H and O–H groups in total. The molecule has 0 bridgehead atoms. The Bertz CT molecular complexity index is 1080. The van der Waals surface area contributed by atoms with Crippen LogP contribution in [-0.4, -0.2) is 42.4 Å². The van der Waals surface area contributed by atoms with Crippen molar-refractivity contribution in [3.63, 3.8) is 0 Å². The number of benzene rings is 2. The van der Waals surface area contributed by atoms with Crippen molar-refractivity contribution in [1.29, 1.82) is 0 Å². The summed E-state index contributed by atoms with van der Waals surface area (Å²) in [7, 11) is 0. The van der Waals surface area contributed by atoms with E-state index in [1.54, 1.807) is 42.5 Å². The quantitative estimate of drug-likeness (QED) is 0.696. The zero-order valence-electron chi connectivity index (χ0n) is 17.4. The number of anilines is 2. The van der Waals surface area contributed by atoms with Crippen LogP contribution in [0.4, 0.5) is 11.4 Å². The van der Waals surface area contributed by atoms with E-state index in [2.05, 4.69) is 10.6 Å². The van der Waals surface area contributed by atoms with Crippen molar-refractivity contribution >= 4 is 34.7 Å². The first-order valence-corrected chi connectivity index (χ1v) is 10.1. The van der Waals surface area contributed by atoms with Gasteiger partial charge in [0.25, 0.3) is 11.8 Å². The lowest BCUT2D eigenvalue weighted by molar-refractivity contribution is -0.136. The first kappa shape index (κ1) is 20.5. The van der Waals surface area contributed by atoms with Crippen molar-refractivity contribution in [1.82, 2.24) is 4.90 Å². The summed E-state index contributed by atoms with van der Waals surface area (Å²) in [5.74, 6) is 0.317. The molecule has 0 unspecified atom stereocenters. The van der Waals surface area contributed by atoms with Gasteiger partial charge in [0.1, 0.15) is 18.9 Å². The van der Waals surface area contributed by atoms with Gasteiger partial charge in [0.15, 0.2) is 11.5 Å². The van der Waals surface area contributed by atoms with Crippen LogP contribution in [-0.2, 0) is 14.4 Å². The lowest BCUT2D eigenvalue weighted by Gasteiger charge is -2.19. The number of fused-ring (bicyclic) bond motifs is 1. The molecule has 0 aliphatic carbocycles. The summed E-state index contributed by atoms with van der Waals surface area (Å²) in [6, 6.07) is 12.1. The van der Waals surface area contributed by atoms with Gasteiger partial charge < -0.3 is 20.1 Å². The largest absolute Gasteiger partial charge is 0.486 e. The van der Waals surface area contributed by atoms with Gasteiger partial charge in [-0.1, -0.05) is 19.1 Å². The molecule has 160 valence electrons. The molecule has 2 aromatic carbocycles. The Kier molecular flexibility index (Phi) is 5.62. The number of amides is 3. The van der Waals surface area contributed by atoms with Gasteiger partial charge in [-0.2, -0.15) is 0 Å². The van der Waals surface area contributed by atoms with E-state index in [9.17, 15) is 14.4 Å². The molecule has 4 rings (SSSR count). The van der Waals surface area contributed by atoms with Gasteiger partial charge in [0.05, 0.1) is 5.57 Å². The number of hydrogen-bond acceptors (Lipinski definition) is 6. The normalized spacial score (nSPS) is 15.4. The van der Waals surface area contributed by atoms with Crippen LogP contribution >= 0.6 is 0 Å². The molecule has 2 heterocycles. The second-order valence-corrected chi connectivity index (χ2v) is 7.25. The third kappa shape index (κ3) is 4.09. The molecule has 8 nitrogen and oxygen atoms in total. The Balaban J connectivity index is 1.71. The standard InChI is InChI=1S/C23H23N3O5/c1-3-10-26-22(28)20(15-4-6-16(7-5-15)24-14(2)27)21(23(26)29)25-17-8-9-18-19(13-17)31-12-11-30-18/h4-9,13,25H,3,10-12H2,1-2H3,(H,24,27). The van der Waals surface area contributed by atoms with E-state index in [4.69, 9.17) is 9.47 Å². The molecule has 0 fully saturated rings. The number of rotatable bonds is 6. The maximum Gasteiger partial charge on any atom is 0.278 e. The van der Waals surface area contributed by atoms with Crippen molar-refractivity contribution in [3.05, 3.63) is 53.7 Å². The summed E-state index contributed by atoms with van der Waals surface area (Å²) in [6.45, 7) is 4.61. The van der Waals surface area contributed by atoms with Gasteiger partial charge in [0, 0.05) is 30.9 Å². The number of carbonyl (C=O) groups is 3. The van der Waals surface area contributed by atoms with Gasteiger partial charge in [-0.05, 0) is 36.2 Å². The van der Waals surface area contributed by atoms with Crippen LogP contribution in [0.2, 0.25) is 0 Å². The summed E-state index contributed by atoms with van der Waals surface area (Å²) in [6.07, 6.45) is 0.656. The van der Waals surface area contributed by atoms with Gasteiger partial charge in [-0.3, -0.25) is 19.3 Å². The lowest BCUT2D eigenvalue weighted by atomic mass is 10.0. The number of ether oxygens (including phenoxy) is 2. The second-order valence-electron chi connectivity index (χ2n) is 7.25. The lowest BCUT2D eigenvalue weighted by Crippen LogP contribution is -2.33. The smallest absolute Gasteiger partial charge is 0.278 e. The minimum absolute atomic E-state index is 0.186. The van der Waals surface area contributed by atoms with Crippen LogP contribution < -0.4 is 20.1 Å². The minimum Gasteiger partial charge on any atom is -0.486 e. The van der Waals surface area contributed by atoms with Crippen LogP contribution in [0.3, 0.4) is 0 Å². The molecule has 3 amide bonds. The topological polar surface area (TPSA) is 97.0 Å². The van der Waals surface area contributed by atoms with Crippen molar-refractivity contribution < 1.29 is 23.9 Å². The van der Waals surface area contributed by atoms with Gasteiger partial charge in [-0.15, -0.1) is 0 Å². The monoisotopic (exact) mass is 421 g/mol. The number of hydrogen-bond donors (Lipinski definition) is 2. The van der Waals surface area contributed by atoms with E-state index in [1.165, 1.54) is 11.8 Å². The number of imide groups is 1. The highest BCUT2D eigenvalue weighted by Gasteiger charge is 2.38. The van der Waals surface area contributed by atoms with E-state index in [1.807, 2.05) is 6.92 Å². The van der Waals surface area contributed by atoms with E-state index >= 15 is 0 Å². The van der Waals surface area contributed by atoms with E-state index < -0.39 is 0 Å². The first-order chi connectivity index (χ1) is 15.0. The Morgan fingerprint density at radius 3 is 2.32 bits per heavy atom. The Hall–Kier alpha value is -3.81. The fourth-order valence-electron chi connectivity index (χ4n) is 3.58. The molecular formula is C23H23N3O5. The fourth-order valence-corrected chi connectivity index (χ4v) is 3.58. The molecule has 8 heteroatoms. The molecule has 0 saturated carbocycles. The minimum atomic E-state index is -0.373. The maximum atomic E-state index is 13.1. The molecule has 0 aromatic heterocycles. The zero-order valence-corrected chi connectivity index (χ0v) is 17.4. The molecule has 2 aliphatic rings. The summed E-state index contributed by atoms with van der Waals surface area (Å²) in [5, 5.41) is 5.81. The van der Waals surface area contributed by atoms with Crippen LogP contribution in [0.25, 0.3) is 5.57 Å². The molecule has 0 atom stereocenters. The molecule has 0 radical (unpaired) electrons. The van der Waals surface area contributed by atoms with E-state index in [0.29, 0.717) is 60.2 Å². The first-order valence-electron chi connectivity index (χ1n) is 10.1. The highest BCUT2D eigenvalue weighted by Crippen LogP contribution is 2.35. The molecule has 0 spiro atoms. The summed E-state index contributed by atoms with van der Waals surface area (Å²) in [4.78, 5) is 38.7. The van der Waals surface area contributed by atoms with Crippen molar-refractivity contribution in [2.45, 2.75) is 20.3 Å². The maximum absolute atomic E-state index is 13.1. The second kappa shape index (κ2) is 8.51. The summed E-state index contributed by atoms with van der Waals surface area (Å²) in [5.41, 5.74) is 2.32. The van der Waals surface area contributed by atoms with Gasteiger partial charge >= 0.3 is 0 Å². The number of nitrogens with zero attached hydrogens (tertiary/aromatic N) is 1. The highest BCUT2D eigenvalue weighted by molar-refractivity contribution is 6.36. The van der Waals surface area contributed by atoms with Crippen LogP contribution in [0.15, 0.2) is 48.2 Å². The van der Waals surface area contributed by atoms with Crippen LogP contribution in [0.1, 0.15) is 25.8 Å². The molecule has 2 aromatic rings. The average molecular weight is 421 g/mol. The van der Waals surface area contributed by atoms with E-state index in [-0.39, 0.29) is 23.4 Å². The van der Waals surface area contributed by atoms with Gasteiger partial charge in [0.2, 0.25) is 5.91 Å². The highest BCUT2D eigenvalue weighted by atomic mass is 16.6. The Morgan fingerprint density at radius 2 is 1.65 bits per heavy atom. The van der Waals surface area contributed by atoms with Crippen molar-refractivity contribution in [2.75, 3.05) is 30.4 Å². The van der Waals surface area contributed by atoms with Crippen molar-refractivity contribution in [3.8, 4) is 11.5 Å². The number of nitrogens with one attached hydrogen (secondary N) is 2. The Labute approximate surface area is 179 Å². The molecule has 0 saturated heterocycles. The third-order valence-electron chi connectivity index (χ3n) is 4.92. The average Bonchev–Trinajstić information content (AvgIpc) is 2.98. The molecule has 2 aliphatic heterocycles. The van der Waals surface area contributed by atoms with Crippen LogP contribution in [0.5, 0.6) is 11.5 Å². The van der Waals surface area contributed by atoms with E-state index in [0.717, 1.165) is 0 Å². The summed E-state index contributed by atoms with van der Waals surface area (Å²) < 4.78 is 11.2. The Morgan fingerprint density at radius 1 is 0.968 bits per heavy atom. The predicted octanol–water partition coefficient (Wildman–Crippen LogP) is 3.02. The predicted molar refractivity (Wildman–Crippen MR) is 116 cm³/mol.